The van der Waals surface area contributed by atoms with Gasteiger partial charge in [-0.1, -0.05) is 54.6 Å². The minimum absolute atomic E-state index is 0.421. The van der Waals surface area contributed by atoms with E-state index in [1.54, 1.807) is 0 Å². The maximum atomic E-state index is 5.97. The highest BCUT2D eigenvalue weighted by Crippen LogP contribution is 2.20. The molecule has 2 aromatic carbocycles. The third-order valence-corrected chi connectivity index (χ3v) is 3.83. The molecular formula is C18H21NO. The van der Waals surface area contributed by atoms with E-state index in [-0.39, 0.29) is 0 Å². The smallest absolute Gasteiger partial charge is 0.0720 e. The zero-order valence-corrected chi connectivity index (χ0v) is 11.7. The molecule has 0 aliphatic carbocycles. The molecule has 1 aliphatic rings. The second-order valence-corrected chi connectivity index (χ2v) is 5.32. The van der Waals surface area contributed by atoms with Crippen molar-refractivity contribution in [2.24, 2.45) is 0 Å². The summed E-state index contributed by atoms with van der Waals surface area (Å²) in [4.78, 5) is 0. The molecule has 0 spiro atoms. The number of rotatable bonds is 4. The quantitative estimate of drug-likeness (QED) is 0.913. The minimum Gasteiger partial charge on any atom is -0.373 e. The van der Waals surface area contributed by atoms with Gasteiger partial charge in [-0.25, -0.2) is 0 Å². The van der Waals surface area contributed by atoms with Gasteiger partial charge in [0.2, 0.25) is 0 Å². The van der Waals surface area contributed by atoms with Gasteiger partial charge in [-0.15, -0.1) is 0 Å². The number of ether oxygens (including phenoxy) is 1. The Hall–Kier alpha value is -1.64. The van der Waals surface area contributed by atoms with Crippen LogP contribution in [0.1, 0.15) is 18.4 Å². The van der Waals surface area contributed by atoms with Gasteiger partial charge in [0.05, 0.1) is 12.7 Å². The zero-order chi connectivity index (χ0) is 13.6. The summed E-state index contributed by atoms with van der Waals surface area (Å²) in [6.07, 6.45) is 2.68. The highest BCUT2D eigenvalue weighted by molar-refractivity contribution is 5.63. The van der Waals surface area contributed by atoms with Crippen LogP contribution in [0.4, 0.5) is 0 Å². The van der Waals surface area contributed by atoms with Crippen LogP contribution in [-0.4, -0.2) is 19.2 Å². The zero-order valence-electron chi connectivity index (χ0n) is 11.7. The predicted molar refractivity (Wildman–Crippen MR) is 82.6 cm³/mol. The topological polar surface area (TPSA) is 21.3 Å². The summed E-state index contributed by atoms with van der Waals surface area (Å²) in [5.74, 6) is 0. The normalized spacial score (nSPS) is 16.2. The van der Waals surface area contributed by atoms with Crippen molar-refractivity contribution in [3.63, 3.8) is 0 Å². The van der Waals surface area contributed by atoms with Crippen LogP contribution in [0.2, 0.25) is 0 Å². The molecule has 1 heterocycles. The van der Waals surface area contributed by atoms with Crippen molar-refractivity contribution in [2.75, 3.05) is 13.1 Å². The second-order valence-electron chi connectivity index (χ2n) is 5.32. The Kier molecular flexibility index (Phi) is 4.46. The molecular weight excluding hydrogens is 246 g/mol. The van der Waals surface area contributed by atoms with Crippen molar-refractivity contribution in [3.8, 4) is 11.1 Å². The fourth-order valence-electron chi connectivity index (χ4n) is 2.60. The highest BCUT2D eigenvalue weighted by atomic mass is 16.5. The Balaban J connectivity index is 1.58. The van der Waals surface area contributed by atoms with Gasteiger partial charge in [-0.3, -0.25) is 0 Å². The van der Waals surface area contributed by atoms with Crippen LogP contribution in [-0.2, 0) is 11.3 Å². The molecule has 1 fully saturated rings. The van der Waals surface area contributed by atoms with Crippen LogP contribution in [0.15, 0.2) is 54.6 Å². The van der Waals surface area contributed by atoms with Crippen molar-refractivity contribution in [2.45, 2.75) is 25.6 Å². The van der Waals surface area contributed by atoms with Crippen LogP contribution in [0, 0.1) is 0 Å². The van der Waals surface area contributed by atoms with Crippen LogP contribution in [0.25, 0.3) is 11.1 Å². The molecule has 0 unspecified atom stereocenters. The molecule has 1 aliphatic heterocycles. The Morgan fingerprint density at radius 3 is 2.20 bits per heavy atom. The van der Waals surface area contributed by atoms with Crippen LogP contribution >= 0.6 is 0 Å². The molecule has 1 saturated heterocycles. The number of piperidine rings is 1. The molecule has 104 valence electrons. The first-order valence-corrected chi connectivity index (χ1v) is 7.38. The fraction of sp³-hybridized carbons (Fsp3) is 0.333. The van der Waals surface area contributed by atoms with Crippen molar-refractivity contribution in [1.29, 1.82) is 0 Å². The summed E-state index contributed by atoms with van der Waals surface area (Å²) in [7, 11) is 0. The first-order valence-electron chi connectivity index (χ1n) is 7.38. The van der Waals surface area contributed by atoms with Crippen molar-refractivity contribution < 1.29 is 4.74 Å². The lowest BCUT2D eigenvalue weighted by molar-refractivity contribution is 0.0212. The summed E-state index contributed by atoms with van der Waals surface area (Å²) in [6.45, 7) is 2.88. The molecule has 20 heavy (non-hydrogen) atoms. The maximum absolute atomic E-state index is 5.97. The monoisotopic (exact) mass is 267 g/mol. The van der Waals surface area contributed by atoms with Crippen LogP contribution < -0.4 is 5.32 Å². The van der Waals surface area contributed by atoms with E-state index in [2.05, 4.69) is 53.8 Å². The van der Waals surface area contributed by atoms with Crippen molar-refractivity contribution >= 4 is 0 Å². The van der Waals surface area contributed by atoms with Crippen LogP contribution in [0.3, 0.4) is 0 Å². The first kappa shape index (κ1) is 13.3. The van der Waals surface area contributed by atoms with Crippen LogP contribution in [0.5, 0.6) is 0 Å². The predicted octanol–water partition coefficient (Wildman–Crippen LogP) is 3.62. The molecule has 1 N–H and O–H groups in total. The average Bonchev–Trinajstić information content (AvgIpc) is 2.55. The average molecular weight is 267 g/mol. The largest absolute Gasteiger partial charge is 0.373 e. The highest BCUT2D eigenvalue weighted by Gasteiger charge is 2.12. The summed E-state index contributed by atoms with van der Waals surface area (Å²) < 4.78 is 5.97. The lowest BCUT2D eigenvalue weighted by Crippen LogP contribution is -2.32. The van der Waals surface area contributed by atoms with E-state index in [1.807, 2.05) is 6.07 Å². The number of nitrogens with one attached hydrogen (secondary N) is 1. The SMILES string of the molecule is c1ccc(-c2ccc(COC3CCNCC3)cc2)cc1. The van der Waals surface area contributed by atoms with E-state index < -0.39 is 0 Å². The van der Waals surface area contributed by atoms with Gasteiger partial charge in [0.15, 0.2) is 0 Å². The third-order valence-electron chi connectivity index (χ3n) is 3.83. The van der Waals surface area contributed by atoms with E-state index in [0.717, 1.165) is 32.5 Å². The van der Waals surface area contributed by atoms with E-state index in [4.69, 9.17) is 4.74 Å². The van der Waals surface area contributed by atoms with E-state index >= 15 is 0 Å². The summed E-state index contributed by atoms with van der Waals surface area (Å²) >= 11 is 0. The van der Waals surface area contributed by atoms with Gasteiger partial charge in [0.1, 0.15) is 0 Å². The Labute approximate surface area is 120 Å². The number of hydrogen-bond acceptors (Lipinski definition) is 2. The summed E-state index contributed by atoms with van der Waals surface area (Å²) in [5.41, 5.74) is 3.78. The van der Waals surface area contributed by atoms with E-state index in [0.29, 0.717) is 6.10 Å². The van der Waals surface area contributed by atoms with Gasteiger partial charge in [-0.2, -0.15) is 0 Å². The minimum atomic E-state index is 0.421. The third kappa shape index (κ3) is 3.47. The Bertz CT molecular complexity index is 515. The molecule has 2 aromatic rings. The molecule has 0 aromatic heterocycles. The molecule has 0 radical (unpaired) electrons. The van der Waals surface area contributed by atoms with Gasteiger partial charge in [0.25, 0.3) is 0 Å². The first-order chi connectivity index (χ1) is 9.92. The van der Waals surface area contributed by atoms with Gasteiger partial charge in [-0.05, 0) is 42.6 Å². The van der Waals surface area contributed by atoms with E-state index in [1.165, 1.54) is 16.7 Å². The standard InChI is InChI=1S/C18H21NO/c1-2-4-16(5-3-1)17-8-6-15(7-9-17)14-20-18-10-12-19-13-11-18/h1-9,18-19H,10-14H2. The van der Waals surface area contributed by atoms with Gasteiger partial charge in [0, 0.05) is 0 Å². The second kappa shape index (κ2) is 6.69. The molecule has 2 nitrogen and oxygen atoms in total. The van der Waals surface area contributed by atoms with E-state index in [9.17, 15) is 0 Å². The lowest BCUT2D eigenvalue weighted by atomic mass is 10.0. The molecule has 0 bridgehead atoms. The van der Waals surface area contributed by atoms with Gasteiger partial charge >= 0.3 is 0 Å². The van der Waals surface area contributed by atoms with Crippen molar-refractivity contribution in [1.82, 2.24) is 5.32 Å². The molecule has 0 saturated carbocycles. The van der Waals surface area contributed by atoms with Crippen molar-refractivity contribution in [3.05, 3.63) is 60.2 Å². The Morgan fingerprint density at radius 2 is 1.50 bits per heavy atom. The molecule has 0 amide bonds. The fourth-order valence-corrected chi connectivity index (χ4v) is 2.60. The number of hydrogen-bond donors (Lipinski definition) is 1. The molecule has 3 rings (SSSR count). The lowest BCUT2D eigenvalue weighted by Gasteiger charge is -2.23. The molecule has 2 heteroatoms. The summed E-state index contributed by atoms with van der Waals surface area (Å²) in [6, 6.07) is 19.2. The maximum Gasteiger partial charge on any atom is 0.0720 e. The number of benzene rings is 2. The van der Waals surface area contributed by atoms with Gasteiger partial charge < -0.3 is 10.1 Å². The Morgan fingerprint density at radius 1 is 0.850 bits per heavy atom. The molecule has 0 atom stereocenters. The summed E-state index contributed by atoms with van der Waals surface area (Å²) in [5, 5.41) is 3.36.